The van der Waals surface area contributed by atoms with Gasteiger partial charge in [0.15, 0.2) is 0 Å². The van der Waals surface area contributed by atoms with Gasteiger partial charge in [0.2, 0.25) is 5.91 Å². The maximum atomic E-state index is 11.5. The Morgan fingerprint density at radius 3 is 2.83 bits per heavy atom. The van der Waals surface area contributed by atoms with Crippen LogP contribution in [0.1, 0.15) is 17.3 Å². The van der Waals surface area contributed by atoms with Gasteiger partial charge in [-0.05, 0) is 19.1 Å². The topological polar surface area (TPSA) is 79.3 Å². The molecule has 6 heteroatoms. The van der Waals surface area contributed by atoms with Gasteiger partial charge in [-0.3, -0.25) is 4.79 Å². The second-order valence-electron chi connectivity index (χ2n) is 3.37. The SMILES string of the molecule is C#CCNC(=O)C(C)Sc1ccc(C(=O)O)cn1. The molecule has 1 heterocycles. The van der Waals surface area contributed by atoms with Gasteiger partial charge in [-0.15, -0.1) is 6.42 Å². The zero-order chi connectivity index (χ0) is 13.5. The Balaban J connectivity index is 2.59. The van der Waals surface area contributed by atoms with Crippen LogP contribution >= 0.6 is 11.8 Å². The van der Waals surface area contributed by atoms with Gasteiger partial charge in [0.05, 0.1) is 22.4 Å². The van der Waals surface area contributed by atoms with Gasteiger partial charge in [0.25, 0.3) is 0 Å². The predicted octanol–water partition coefficient (Wildman–Crippen LogP) is 1.01. The van der Waals surface area contributed by atoms with Crippen LogP contribution in [0.4, 0.5) is 0 Å². The lowest BCUT2D eigenvalue weighted by atomic mass is 10.3. The number of thioether (sulfide) groups is 1. The standard InChI is InChI=1S/C12H12N2O3S/c1-3-6-13-11(15)8(2)18-10-5-4-9(7-14-10)12(16)17/h1,4-5,7-8H,6H2,2H3,(H,13,15)(H,16,17). The maximum absolute atomic E-state index is 11.5. The van der Waals surface area contributed by atoms with E-state index in [0.717, 1.165) is 0 Å². The number of carbonyl (C=O) groups excluding carboxylic acids is 1. The molecule has 94 valence electrons. The third-order valence-corrected chi connectivity index (χ3v) is 3.07. The van der Waals surface area contributed by atoms with Crippen LogP contribution in [0.25, 0.3) is 0 Å². The van der Waals surface area contributed by atoms with Crippen LogP contribution in [0, 0.1) is 12.3 Å². The first-order valence-electron chi connectivity index (χ1n) is 5.11. The molecule has 0 radical (unpaired) electrons. The van der Waals surface area contributed by atoms with E-state index in [2.05, 4.69) is 16.2 Å². The molecule has 0 fully saturated rings. The number of rotatable bonds is 5. The Morgan fingerprint density at radius 2 is 2.33 bits per heavy atom. The number of nitrogens with zero attached hydrogens (tertiary/aromatic N) is 1. The molecule has 0 aliphatic heterocycles. The molecule has 5 nitrogen and oxygen atoms in total. The highest BCUT2D eigenvalue weighted by Crippen LogP contribution is 2.21. The normalized spacial score (nSPS) is 11.3. The summed E-state index contributed by atoms with van der Waals surface area (Å²) in [5.41, 5.74) is 0.115. The summed E-state index contributed by atoms with van der Waals surface area (Å²) in [5, 5.41) is 11.5. The van der Waals surface area contributed by atoms with Crippen LogP contribution < -0.4 is 5.32 Å². The summed E-state index contributed by atoms with van der Waals surface area (Å²) in [6.45, 7) is 1.92. The smallest absolute Gasteiger partial charge is 0.337 e. The third-order valence-electron chi connectivity index (χ3n) is 2.01. The number of pyridine rings is 1. The minimum absolute atomic E-state index is 0.115. The van der Waals surface area contributed by atoms with Gasteiger partial charge in [-0.2, -0.15) is 0 Å². The minimum Gasteiger partial charge on any atom is -0.478 e. The van der Waals surface area contributed by atoms with Crippen molar-refractivity contribution in [3.8, 4) is 12.3 Å². The highest BCUT2D eigenvalue weighted by atomic mass is 32.2. The van der Waals surface area contributed by atoms with Crippen molar-refractivity contribution >= 4 is 23.6 Å². The number of amides is 1. The van der Waals surface area contributed by atoms with Crippen molar-refractivity contribution in [1.29, 1.82) is 0 Å². The first kappa shape index (κ1) is 14.1. The summed E-state index contributed by atoms with van der Waals surface area (Å²) >= 11 is 1.24. The maximum Gasteiger partial charge on any atom is 0.337 e. The molecule has 0 bridgehead atoms. The van der Waals surface area contributed by atoms with Gasteiger partial charge in [0, 0.05) is 6.20 Å². The van der Waals surface area contributed by atoms with E-state index in [0.29, 0.717) is 5.03 Å². The molecular weight excluding hydrogens is 252 g/mol. The predicted molar refractivity (Wildman–Crippen MR) is 68.4 cm³/mol. The van der Waals surface area contributed by atoms with E-state index >= 15 is 0 Å². The second kappa shape index (κ2) is 6.67. The minimum atomic E-state index is -1.03. The lowest BCUT2D eigenvalue weighted by Crippen LogP contribution is -2.31. The molecular formula is C12H12N2O3S. The average molecular weight is 264 g/mol. The largest absolute Gasteiger partial charge is 0.478 e. The van der Waals surface area contributed by atoms with Gasteiger partial charge in [-0.1, -0.05) is 17.7 Å². The van der Waals surface area contributed by atoms with Crippen LogP contribution in [0.15, 0.2) is 23.4 Å². The number of hydrogen-bond acceptors (Lipinski definition) is 4. The number of terminal acetylenes is 1. The fraction of sp³-hybridized carbons (Fsp3) is 0.250. The molecule has 1 rings (SSSR count). The molecule has 0 spiro atoms. The van der Waals surface area contributed by atoms with Crippen molar-refractivity contribution in [3.63, 3.8) is 0 Å². The summed E-state index contributed by atoms with van der Waals surface area (Å²) in [4.78, 5) is 26.1. The van der Waals surface area contributed by atoms with E-state index in [-0.39, 0.29) is 23.3 Å². The molecule has 18 heavy (non-hydrogen) atoms. The Labute approximate surface area is 109 Å². The third kappa shape index (κ3) is 4.11. The molecule has 0 aromatic carbocycles. The van der Waals surface area contributed by atoms with E-state index in [1.165, 1.54) is 24.0 Å². The summed E-state index contributed by atoms with van der Waals surface area (Å²) in [7, 11) is 0. The van der Waals surface area contributed by atoms with Crippen molar-refractivity contribution < 1.29 is 14.7 Å². The monoisotopic (exact) mass is 264 g/mol. The fourth-order valence-corrected chi connectivity index (χ4v) is 1.91. The van der Waals surface area contributed by atoms with E-state index < -0.39 is 5.97 Å². The van der Waals surface area contributed by atoms with Gasteiger partial charge in [0.1, 0.15) is 0 Å². The molecule has 1 aromatic rings. The molecule has 1 atom stereocenters. The van der Waals surface area contributed by atoms with Crippen molar-refractivity contribution in [2.45, 2.75) is 17.2 Å². The van der Waals surface area contributed by atoms with Crippen LogP contribution in [0.2, 0.25) is 0 Å². The quantitative estimate of drug-likeness (QED) is 0.613. The summed E-state index contributed by atoms with van der Waals surface area (Å²) in [6, 6.07) is 3.02. The van der Waals surface area contributed by atoms with Crippen molar-refractivity contribution in [2.24, 2.45) is 0 Å². The van der Waals surface area contributed by atoms with Crippen LogP contribution in [0.3, 0.4) is 0 Å². The Kier molecular flexibility index (Phi) is 5.21. The zero-order valence-corrected chi connectivity index (χ0v) is 10.5. The number of aromatic carboxylic acids is 1. The highest BCUT2D eigenvalue weighted by molar-refractivity contribution is 8.00. The lowest BCUT2D eigenvalue weighted by Gasteiger charge is -2.09. The summed E-state index contributed by atoms with van der Waals surface area (Å²) in [5.74, 6) is 1.11. The van der Waals surface area contributed by atoms with Crippen LogP contribution in [-0.2, 0) is 4.79 Å². The Bertz CT molecular complexity index is 479. The Hall–Kier alpha value is -2.00. The van der Waals surface area contributed by atoms with Crippen molar-refractivity contribution in [3.05, 3.63) is 23.9 Å². The van der Waals surface area contributed by atoms with E-state index in [4.69, 9.17) is 11.5 Å². The van der Waals surface area contributed by atoms with Gasteiger partial charge in [-0.25, -0.2) is 9.78 Å². The average Bonchev–Trinajstić information content (AvgIpc) is 2.36. The molecule has 0 saturated carbocycles. The number of aromatic nitrogens is 1. The molecule has 0 aliphatic rings. The van der Waals surface area contributed by atoms with Crippen LogP contribution in [-0.4, -0.2) is 33.8 Å². The van der Waals surface area contributed by atoms with Crippen molar-refractivity contribution in [1.82, 2.24) is 10.3 Å². The highest BCUT2D eigenvalue weighted by Gasteiger charge is 2.14. The molecule has 2 N–H and O–H groups in total. The van der Waals surface area contributed by atoms with E-state index in [1.807, 2.05) is 0 Å². The molecule has 1 amide bonds. The van der Waals surface area contributed by atoms with Crippen molar-refractivity contribution in [2.75, 3.05) is 6.54 Å². The number of carboxylic acids is 1. The number of hydrogen-bond donors (Lipinski definition) is 2. The first-order chi connectivity index (χ1) is 8.54. The molecule has 0 aliphatic carbocycles. The number of nitrogens with one attached hydrogen (secondary N) is 1. The lowest BCUT2D eigenvalue weighted by molar-refractivity contribution is -0.120. The fourth-order valence-electron chi connectivity index (χ4n) is 1.09. The molecule has 1 unspecified atom stereocenters. The summed E-state index contributed by atoms with van der Waals surface area (Å²) < 4.78 is 0. The van der Waals surface area contributed by atoms with Crippen LogP contribution in [0.5, 0.6) is 0 Å². The number of carbonyl (C=O) groups is 2. The Morgan fingerprint density at radius 1 is 1.61 bits per heavy atom. The first-order valence-corrected chi connectivity index (χ1v) is 5.99. The molecule has 0 saturated heterocycles. The zero-order valence-electron chi connectivity index (χ0n) is 9.71. The second-order valence-corrected chi connectivity index (χ2v) is 4.73. The van der Waals surface area contributed by atoms with Gasteiger partial charge < -0.3 is 10.4 Å². The summed E-state index contributed by atoms with van der Waals surface area (Å²) in [6.07, 6.45) is 6.30. The van der Waals surface area contributed by atoms with E-state index in [9.17, 15) is 9.59 Å². The number of carboxylic acid groups (broad SMARTS) is 1. The van der Waals surface area contributed by atoms with Gasteiger partial charge >= 0.3 is 5.97 Å². The van der Waals surface area contributed by atoms with E-state index in [1.54, 1.807) is 13.0 Å². The molecule has 1 aromatic heterocycles.